The topological polar surface area (TPSA) is 470 Å². The molecule has 0 aliphatic carbocycles. The fourth-order valence-corrected chi connectivity index (χ4v) is 0. The summed E-state index contributed by atoms with van der Waals surface area (Å²) in [5.41, 5.74) is 0. The summed E-state index contributed by atoms with van der Waals surface area (Å²) in [6, 6.07) is 0. The van der Waals surface area contributed by atoms with Gasteiger partial charge >= 0.3 is 41.7 Å². The van der Waals surface area contributed by atoms with E-state index in [4.69, 9.17) is 91.9 Å². The Kier molecular flexibility index (Phi) is 104. The van der Waals surface area contributed by atoms with Gasteiger partial charge in [0.25, 0.3) is 0 Å². The third kappa shape index (κ3) is 770. The molecule has 8 N–H and O–H groups in total. The van der Waals surface area contributed by atoms with Crippen molar-refractivity contribution in [1.29, 1.82) is 0 Å². The van der Waals surface area contributed by atoms with Crippen LogP contribution >= 0.6 is 0 Å². The van der Waals surface area contributed by atoms with Crippen LogP contribution in [0.5, 0.6) is 0 Å². The van der Waals surface area contributed by atoms with Gasteiger partial charge in [-0.15, -0.1) is 0 Å². The van der Waals surface area contributed by atoms with Gasteiger partial charge in [0, 0.05) is 0 Å². The Morgan fingerprint density at radius 1 is 0.296 bits per heavy atom. The minimum Gasteiger partial charge on any atom is -0.369 e. The summed E-state index contributed by atoms with van der Waals surface area (Å²) in [6.45, 7) is 0. The third-order valence-corrected chi connectivity index (χ3v) is 0. The predicted molar refractivity (Wildman–Crippen MR) is 74.1 cm³/mol. The van der Waals surface area contributed by atoms with E-state index in [0.29, 0.717) is 0 Å². The number of nitrogens with zero attached hydrogens (tertiary/aromatic N) is 6. The second kappa shape index (κ2) is 49.5. The van der Waals surface area contributed by atoms with E-state index < -0.39 is 30.5 Å². The fourth-order valence-electron chi connectivity index (χ4n) is 0. The van der Waals surface area contributed by atoms with Crippen molar-refractivity contribution in [1.82, 2.24) is 12.3 Å². The maximum atomic E-state index is 8.25. The quantitative estimate of drug-likeness (QED) is 0.279. The second-order valence-corrected chi connectivity index (χ2v) is 1.34. The van der Waals surface area contributed by atoms with Gasteiger partial charge in [-0.1, -0.05) is 0 Å². The van der Waals surface area contributed by atoms with Crippen molar-refractivity contribution in [3.8, 4) is 0 Å². The molecule has 0 saturated carbocycles. The molecule has 0 bridgehead atoms. The molecule has 27 heavy (non-hydrogen) atoms. The second-order valence-electron chi connectivity index (χ2n) is 1.34. The fraction of sp³-hybridized carbons (Fsp3) is 0. The van der Waals surface area contributed by atoms with Crippen LogP contribution in [0.25, 0.3) is 0 Å². The molecule has 0 fully saturated rings. The van der Waals surface area contributed by atoms with E-state index >= 15 is 0 Å². The van der Waals surface area contributed by atoms with Crippen LogP contribution in [-0.4, -0.2) is 30.5 Å². The Hall–Kier alpha value is -3.50. The zero-order valence-corrected chi connectivity index (χ0v) is 15.7. The molecule has 0 aromatic rings. The largest absolute Gasteiger partial charge is 3.00 e. The Morgan fingerprint density at radius 2 is 0.296 bits per heavy atom. The number of hydrogen-bond donors (Lipinski definition) is 2. The van der Waals surface area contributed by atoms with E-state index in [-0.39, 0.29) is 54.0 Å². The predicted octanol–water partition coefficient (Wildman–Crippen LogP) is -0.682. The van der Waals surface area contributed by atoms with Gasteiger partial charge in [0.1, 0.15) is 0 Å². The van der Waals surface area contributed by atoms with Crippen LogP contribution in [0, 0.1) is 134 Å². The molecule has 27 heteroatoms. The van der Waals surface area contributed by atoms with E-state index in [1.807, 2.05) is 0 Å². The summed E-state index contributed by atoms with van der Waals surface area (Å²) in [6.07, 6.45) is 0. The molecule has 0 spiro atoms. The van der Waals surface area contributed by atoms with Gasteiger partial charge in [0.05, 0.1) is 30.5 Å². The first kappa shape index (κ1) is 56.6. The van der Waals surface area contributed by atoms with Crippen molar-refractivity contribution in [2.45, 2.75) is 0 Å². The molecule has 26 nitrogen and oxygen atoms in total. The van der Waals surface area contributed by atoms with E-state index in [2.05, 4.69) is 0 Å². The van der Waals surface area contributed by atoms with Crippen molar-refractivity contribution >= 4 is 0 Å². The van der Waals surface area contributed by atoms with Gasteiger partial charge in [0.2, 0.25) is 0 Å². The molecule has 0 saturated heterocycles. The molecule has 1 radical (unpaired) electrons. The Morgan fingerprint density at radius 3 is 0.296 bits per heavy atom. The normalized spacial score (nSPS) is 5.33. The summed E-state index contributed by atoms with van der Waals surface area (Å²) >= 11 is 0. The van der Waals surface area contributed by atoms with Crippen LogP contribution in [0.15, 0.2) is 0 Å². The molecule has 0 aliphatic rings. The summed E-state index contributed by atoms with van der Waals surface area (Å²) in [5, 5.41) is 88.5. The minimum absolute atomic E-state index is 0. The van der Waals surface area contributed by atoms with E-state index in [9.17, 15) is 0 Å². The third-order valence-electron chi connectivity index (χ3n) is 0. The van der Waals surface area contributed by atoms with Crippen LogP contribution < -0.4 is 12.3 Å². The summed E-state index contributed by atoms with van der Waals surface area (Å²) in [7, 11) is 0. The Bertz CT molecular complexity index is 260. The monoisotopic (exact) mass is 548 g/mol. The summed E-state index contributed by atoms with van der Waals surface area (Å²) < 4.78 is 0. The molecule has 161 valence electrons. The van der Waals surface area contributed by atoms with E-state index in [0.717, 1.165) is 0 Å². The molecule has 0 aromatic heterocycles. The van der Waals surface area contributed by atoms with Crippen LogP contribution in [0.1, 0.15) is 0 Å². The minimum atomic E-state index is -1.75. The molecule has 0 aromatic carbocycles. The SMILES string of the molecule is O=[N+]([O-])[O-].O=[N+]([O-])[O-].O=[N+]([O-])[O-].O=[N+]([O-])[O-].O=[N+]([O-])[O-].O=[N+]([O-])[O-].[Ce+3].[NH4+].[NH4+]. The molecule has 0 aliphatic heterocycles. The summed E-state index contributed by atoms with van der Waals surface area (Å²) in [5.74, 6) is 0. The average molecular weight is 548 g/mol. The molecule has 0 rings (SSSR count). The Labute approximate surface area is 176 Å². The molecule has 0 heterocycles. The smallest absolute Gasteiger partial charge is 0.369 e. The number of rotatable bonds is 0. The van der Waals surface area contributed by atoms with Crippen molar-refractivity contribution < 1.29 is 72.3 Å². The first-order chi connectivity index (χ1) is 10.4. The molecule has 0 atom stereocenters. The zero-order valence-electron chi connectivity index (χ0n) is 12.5. The van der Waals surface area contributed by atoms with Crippen molar-refractivity contribution in [2.75, 3.05) is 0 Å². The van der Waals surface area contributed by atoms with Crippen molar-refractivity contribution in [2.24, 2.45) is 0 Å². The zero-order chi connectivity index (χ0) is 21.5. The summed E-state index contributed by atoms with van der Waals surface area (Å²) in [4.78, 5) is 49.5. The van der Waals surface area contributed by atoms with Crippen molar-refractivity contribution in [3.63, 3.8) is 0 Å². The first-order valence-electron chi connectivity index (χ1n) is 3.29. The molecular formula is H8CeN8O18-. The van der Waals surface area contributed by atoms with Gasteiger partial charge in [-0.05, 0) is 0 Å². The van der Waals surface area contributed by atoms with Crippen molar-refractivity contribution in [3.05, 3.63) is 91.9 Å². The van der Waals surface area contributed by atoms with Gasteiger partial charge in [-0.2, -0.15) is 0 Å². The van der Waals surface area contributed by atoms with Gasteiger partial charge in [-0.3, -0.25) is 0 Å². The standard InChI is InChI=1S/Ce.6NO3.2H3N/c;6*2-1(3)4;;/h;;;;;;;2*1H3/q+3;6*-1;;/p+2. The van der Waals surface area contributed by atoms with E-state index in [1.54, 1.807) is 0 Å². The number of hydrogen-bond acceptors (Lipinski definition) is 18. The maximum Gasteiger partial charge on any atom is 3.00 e. The Balaban J connectivity index is -0.0000000201. The van der Waals surface area contributed by atoms with Gasteiger partial charge in [0.15, 0.2) is 0 Å². The van der Waals surface area contributed by atoms with Crippen LogP contribution in [0.2, 0.25) is 0 Å². The van der Waals surface area contributed by atoms with Crippen LogP contribution in [0.4, 0.5) is 0 Å². The molecular weight excluding hydrogens is 540 g/mol. The maximum absolute atomic E-state index is 8.25. The number of quaternary nitrogens is 2. The van der Waals surface area contributed by atoms with Gasteiger partial charge in [-0.25, -0.2) is 0 Å². The molecule has 0 unspecified atom stereocenters. The molecule has 0 amide bonds. The first-order valence-corrected chi connectivity index (χ1v) is 3.29. The van der Waals surface area contributed by atoms with Crippen LogP contribution in [-0.2, 0) is 0 Å². The average Bonchev–Trinajstić information content (AvgIpc) is 2.08. The van der Waals surface area contributed by atoms with E-state index in [1.165, 1.54) is 0 Å². The van der Waals surface area contributed by atoms with Crippen LogP contribution in [0.3, 0.4) is 0 Å². The van der Waals surface area contributed by atoms with Gasteiger partial charge < -0.3 is 104 Å².